The van der Waals surface area contributed by atoms with Crippen LogP contribution in [0.2, 0.25) is 0 Å². The van der Waals surface area contributed by atoms with Crippen molar-refractivity contribution in [3.63, 3.8) is 0 Å². The number of hydrogen-bond donors (Lipinski definition) is 1. The second-order valence-electron chi connectivity index (χ2n) is 5.95. The average molecular weight is 213 g/mol. The zero-order chi connectivity index (χ0) is 11.9. The molecular weight excluding hydrogens is 182 g/mol. The zero-order valence-corrected chi connectivity index (χ0v) is 11.7. The fourth-order valence-corrected chi connectivity index (χ4v) is 1.70. The molecule has 0 spiro atoms. The molecule has 1 heteroatoms. The Labute approximate surface area is 97.0 Å². The highest BCUT2D eigenvalue weighted by Gasteiger charge is 2.20. The fourth-order valence-electron chi connectivity index (χ4n) is 1.70. The zero-order valence-electron chi connectivity index (χ0n) is 11.7. The Kier molecular flexibility index (Phi) is 7.25. The van der Waals surface area contributed by atoms with Gasteiger partial charge in [0.15, 0.2) is 0 Å². The molecule has 1 atom stereocenters. The maximum absolute atomic E-state index is 3.73. The Morgan fingerprint density at radius 2 is 1.47 bits per heavy atom. The first-order valence-electron chi connectivity index (χ1n) is 6.65. The van der Waals surface area contributed by atoms with Crippen LogP contribution >= 0.6 is 0 Å². The maximum Gasteiger partial charge on any atom is 0.00669 e. The highest BCUT2D eigenvalue weighted by Crippen LogP contribution is 2.24. The van der Waals surface area contributed by atoms with Crippen LogP contribution in [0.1, 0.15) is 67.2 Å². The molecule has 1 unspecified atom stereocenters. The van der Waals surface area contributed by atoms with Gasteiger partial charge in [-0.15, -0.1) is 0 Å². The predicted molar refractivity (Wildman–Crippen MR) is 70.2 cm³/mol. The Balaban J connectivity index is 3.87. The first-order chi connectivity index (χ1) is 6.91. The van der Waals surface area contributed by atoms with Crippen molar-refractivity contribution >= 4 is 0 Å². The molecule has 0 aliphatic carbocycles. The van der Waals surface area contributed by atoms with Crippen molar-refractivity contribution in [1.82, 2.24) is 5.32 Å². The lowest BCUT2D eigenvalue weighted by molar-refractivity contribution is 0.241. The van der Waals surface area contributed by atoms with Crippen molar-refractivity contribution in [2.45, 2.75) is 73.3 Å². The molecule has 0 aromatic rings. The van der Waals surface area contributed by atoms with Gasteiger partial charge >= 0.3 is 0 Å². The van der Waals surface area contributed by atoms with Crippen molar-refractivity contribution in [1.29, 1.82) is 0 Å². The van der Waals surface area contributed by atoms with E-state index < -0.39 is 0 Å². The molecule has 0 aromatic carbocycles. The van der Waals surface area contributed by atoms with Gasteiger partial charge in [0.1, 0.15) is 0 Å². The van der Waals surface area contributed by atoms with Crippen molar-refractivity contribution in [3.8, 4) is 0 Å². The topological polar surface area (TPSA) is 12.0 Å². The first kappa shape index (κ1) is 15.0. The lowest BCUT2D eigenvalue weighted by atomic mass is 9.82. The van der Waals surface area contributed by atoms with E-state index in [0.717, 1.165) is 18.5 Å². The van der Waals surface area contributed by atoms with Crippen LogP contribution in [0.15, 0.2) is 0 Å². The minimum atomic E-state index is 0.427. The molecule has 0 saturated heterocycles. The summed E-state index contributed by atoms with van der Waals surface area (Å²) in [4.78, 5) is 0. The molecule has 0 amide bonds. The quantitative estimate of drug-likeness (QED) is 0.667. The third kappa shape index (κ3) is 6.94. The van der Waals surface area contributed by atoms with Gasteiger partial charge in [-0.2, -0.15) is 0 Å². The molecule has 0 bridgehead atoms. The van der Waals surface area contributed by atoms with Crippen LogP contribution in [0, 0.1) is 11.3 Å². The van der Waals surface area contributed by atoms with Gasteiger partial charge in [0.05, 0.1) is 0 Å². The molecule has 0 aliphatic rings. The smallest absolute Gasteiger partial charge is 0.00669 e. The van der Waals surface area contributed by atoms with Crippen molar-refractivity contribution in [3.05, 3.63) is 0 Å². The van der Waals surface area contributed by atoms with Gasteiger partial charge in [-0.25, -0.2) is 0 Å². The van der Waals surface area contributed by atoms with Crippen molar-refractivity contribution in [2.24, 2.45) is 11.3 Å². The van der Waals surface area contributed by atoms with Gasteiger partial charge < -0.3 is 5.32 Å². The molecule has 0 aromatic heterocycles. The molecule has 1 nitrogen and oxygen atoms in total. The van der Waals surface area contributed by atoms with Crippen LogP contribution < -0.4 is 5.32 Å². The van der Waals surface area contributed by atoms with Crippen LogP contribution in [0.5, 0.6) is 0 Å². The van der Waals surface area contributed by atoms with Gasteiger partial charge in [0.2, 0.25) is 0 Å². The van der Waals surface area contributed by atoms with Gasteiger partial charge in [-0.3, -0.25) is 0 Å². The van der Waals surface area contributed by atoms with Gasteiger partial charge in [-0.1, -0.05) is 54.4 Å². The molecule has 0 radical (unpaired) electrons. The summed E-state index contributed by atoms with van der Waals surface area (Å²) in [6.07, 6.45) is 5.23. The van der Waals surface area contributed by atoms with Crippen LogP contribution in [-0.4, -0.2) is 12.6 Å². The summed E-state index contributed by atoms with van der Waals surface area (Å²) in [6.45, 7) is 15.0. The van der Waals surface area contributed by atoms with Crippen molar-refractivity contribution < 1.29 is 0 Å². The highest BCUT2D eigenvalue weighted by atomic mass is 14.9. The van der Waals surface area contributed by atoms with Gasteiger partial charge in [0, 0.05) is 6.04 Å². The lowest BCUT2D eigenvalue weighted by Gasteiger charge is -2.29. The van der Waals surface area contributed by atoms with E-state index in [0.29, 0.717) is 5.41 Å². The monoisotopic (exact) mass is 213 g/mol. The van der Waals surface area contributed by atoms with Crippen LogP contribution in [-0.2, 0) is 0 Å². The molecule has 0 aliphatic heterocycles. The molecule has 0 rings (SSSR count). The Bertz CT molecular complexity index is 140. The second-order valence-corrected chi connectivity index (χ2v) is 5.95. The summed E-state index contributed by atoms with van der Waals surface area (Å²) >= 11 is 0. The van der Waals surface area contributed by atoms with E-state index in [-0.39, 0.29) is 0 Å². The molecule has 0 heterocycles. The standard InChI is InChI=1S/C14H31N/c1-7-9-13(10-8-2)15-11-12(3)14(4,5)6/h12-13,15H,7-11H2,1-6H3. The van der Waals surface area contributed by atoms with Crippen LogP contribution in [0.25, 0.3) is 0 Å². The third-order valence-corrected chi connectivity index (χ3v) is 3.47. The second kappa shape index (κ2) is 7.27. The van der Waals surface area contributed by atoms with E-state index >= 15 is 0 Å². The van der Waals surface area contributed by atoms with Crippen LogP contribution in [0.3, 0.4) is 0 Å². The largest absolute Gasteiger partial charge is 0.314 e. The van der Waals surface area contributed by atoms with Gasteiger partial charge in [-0.05, 0) is 30.7 Å². The Hall–Kier alpha value is -0.0400. The molecule has 92 valence electrons. The van der Waals surface area contributed by atoms with E-state index in [9.17, 15) is 0 Å². The number of rotatable bonds is 7. The predicted octanol–water partition coefficient (Wildman–Crippen LogP) is 4.23. The van der Waals surface area contributed by atoms with Crippen LogP contribution in [0.4, 0.5) is 0 Å². The van der Waals surface area contributed by atoms with Gasteiger partial charge in [0.25, 0.3) is 0 Å². The number of hydrogen-bond acceptors (Lipinski definition) is 1. The molecule has 15 heavy (non-hydrogen) atoms. The highest BCUT2D eigenvalue weighted by molar-refractivity contribution is 4.74. The number of nitrogens with one attached hydrogen (secondary N) is 1. The minimum absolute atomic E-state index is 0.427. The summed E-state index contributed by atoms with van der Waals surface area (Å²) in [5.41, 5.74) is 0.427. The summed E-state index contributed by atoms with van der Waals surface area (Å²) in [6, 6.07) is 0.741. The molecule has 0 fully saturated rings. The summed E-state index contributed by atoms with van der Waals surface area (Å²) < 4.78 is 0. The SMILES string of the molecule is CCCC(CCC)NCC(C)C(C)(C)C. The van der Waals surface area contributed by atoms with E-state index in [4.69, 9.17) is 0 Å². The fraction of sp³-hybridized carbons (Fsp3) is 1.00. The Morgan fingerprint density at radius 1 is 1.00 bits per heavy atom. The third-order valence-electron chi connectivity index (χ3n) is 3.47. The normalized spacial score (nSPS) is 14.6. The summed E-state index contributed by atoms with van der Waals surface area (Å²) in [5.74, 6) is 0.744. The molecule has 0 saturated carbocycles. The maximum atomic E-state index is 3.73. The Morgan fingerprint density at radius 3 is 1.80 bits per heavy atom. The van der Waals surface area contributed by atoms with E-state index in [2.05, 4.69) is 46.9 Å². The van der Waals surface area contributed by atoms with E-state index in [1.807, 2.05) is 0 Å². The molecular formula is C14H31N. The lowest BCUT2D eigenvalue weighted by Crippen LogP contribution is -2.36. The van der Waals surface area contributed by atoms with E-state index in [1.54, 1.807) is 0 Å². The molecule has 1 N–H and O–H groups in total. The summed E-state index contributed by atoms with van der Waals surface area (Å²) in [5, 5.41) is 3.73. The average Bonchev–Trinajstić information content (AvgIpc) is 2.12. The van der Waals surface area contributed by atoms with E-state index in [1.165, 1.54) is 25.7 Å². The summed E-state index contributed by atoms with van der Waals surface area (Å²) in [7, 11) is 0. The minimum Gasteiger partial charge on any atom is -0.314 e. The first-order valence-corrected chi connectivity index (χ1v) is 6.65. The van der Waals surface area contributed by atoms with Crippen molar-refractivity contribution in [2.75, 3.05) is 6.54 Å².